The van der Waals surface area contributed by atoms with Gasteiger partial charge in [-0.1, -0.05) is 18.2 Å². The highest BCUT2D eigenvalue weighted by Crippen LogP contribution is 2.29. The van der Waals surface area contributed by atoms with Gasteiger partial charge >= 0.3 is 0 Å². The summed E-state index contributed by atoms with van der Waals surface area (Å²) in [5.74, 6) is 0. The Morgan fingerprint density at radius 1 is 1.08 bits per heavy atom. The van der Waals surface area contributed by atoms with Crippen LogP contribution in [0.1, 0.15) is 0 Å². The Balaban J connectivity index is 1.88. The molecule has 0 saturated carbocycles. The fraction of sp³-hybridized carbons (Fsp3) is 0.571. The molecular formula is C14H21N3O5S2. The zero-order valence-electron chi connectivity index (χ0n) is 13.6. The fourth-order valence-electron chi connectivity index (χ4n) is 3.06. The molecule has 8 nitrogen and oxygen atoms in total. The van der Waals surface area contributed by atoms with Crippen LogP contribution in [0.25, 0.3) is 0 Å². The van der Waals surface area contributed by atoms with Gasteiger partial charge in [-0.3, -0.25) is 0 Å². The highest BCUT2D eigenvalue weighted by Gasteiger charge is 2.48. The minimum Gasteiger partial charge on any atom is -0.374 e. The second kappa shape index (κ2) is 6.36. The van der Waals surface area contributed by atoms with Crippen LogP contribution < -0.4 is 0 Å². The summed E-state index contributed by atoms with van der Waals surface area (Å²) in [5, 5.41) is 0. The summed E-state index contributed by atoms with van der Waals surface area (Å²) in [5.41, 5.74) is 0. The van der Waals surface area contributed by atoms with Gasteiger partial charge in [0, 0.05) is 33.7 Å². The first-order valence-corrected chi connectivity index (χ1v) is 10.4. The number of hydrogen-bond acceptors (Lipinski definition) is 5. The molecule has 10 heteroatoms. The third-order valence-electron chi connectivity index (χ3n) is 4.36. The molecule has 2 atom stereocenters. The van der Waals surface area contributed by atoms with E-state index in [1.807, 2.05) is 0 Å². The van der Waals surface area contributed by atoms with Crippen molar-refractivity contribution in [3.8, 4) is 0 Å². The van der Waals surface area contributed by atoms with Gasteiger partial charge in [-0.05, 0) is 12.1 Å². The summed E-state index contributed by atoms with van der Waals surface area (Å²) in [7, 11) is -4.36. The Labute approximate surface area is 142 Å². The summed E-state index contributed by atoms with van der Waals surface area (Å²) >= 11 is 0. The highest BCUT2D eigenvalue weighted by molar-refractivity contribution is 7.89. The molecule has 0 bridgehead atoms. The minimum atomic E-state index is -3.67. The third-order valence-corrected chi connectivity index (χ3v) is 8.17. The molecular weight excluding hydrogens is 354 g/mol. The zero-order chi connectivity index (χ0) is 17.5. The maximum Gasteiger partial charge on any atom is 0.281 e. The molecule has 0 amide bonds. The number of fused-ring (bicyclic) bond motifs is 1. The molecule has 134 valence electrons. The van der Waals surface area contributed by atoms with Gasteiger partial charge in [0.05, 0.1) is 23.6 Å². The van der Waals surface area contributed by atoms with Gasteiger partial charge in [0.25, 0.3) is 10.2 Å². The van der Waals surface area contributed by atoms with E-state index in [1.54, 1.807) is 18.2 Å². The van der Waals surface area contributed by atoms with E-state index in [9.17, 15) is 16.8 Å². The number of ether oxygens (including phenoxy) is 1. The van der Waals surface area contributed by atoms with E-state index >= 15 is 0 Å². The van der Waals surface area contributed by atoms with E-state index in [4.69, 9.17) is 4.74 Å². The quantitative estimate of drug-likeness (QED) is 0.712. The Hall–Kier alpha value is -1.04. The van der Waals surface area contributed by atoms with Gasteiger partial charge in [-0.2, -0.15) is 21.3 Å². The molecule has 3 rings (SSSR count). The van der Waals surface area contributed by atoms with Crippen molar-refractivity contribution in [2.45, 2.75) is 17.0 Å². The first-order chi connectivity index (χ1) is 11.2. The van der Waals surface area contributed by atoms with Crippen LogP contribution in [0.15, 0.2) is 35.2 Å². The van der Waals surface area contributed by atoms with Crippen LogP contribution in [0.3, 0.4) is 0 Å². The molecule has 2 aliphatic rings. The van der Waals surface area contributed by atoms with Crippen LogP contribution in [-0.2, 0) is 25.0 Å². The summed E-state index contributed by atoms with van der Waals surface area (Å²) in [4.78, 5) is 0.200. The summed E-state index contributed by atoms with van der Waals surface area (Å²) < 4.78 is 59.9. The molecule has 0 spiro atoms. The Morgan fingerprint density at radius 2 is 1.75 bits per heavy atom. The maximum atomic E-state index is 12.8. The summed E-state index contributed by atoms with van der Waals surface area (Å²) in [6, 6.07) is 7.63. The van der Waals surface area contributed by atoms with Gasteiger partial charge < -0.3 is 4.74 Å². The SMILES string of the molecule is CN(C)S(=O)(=O)N1CCO[C@H]2CN(S(=O)(=O)c3ccccc3)C[C@H]21. The number of hydrogen-bond donors (Lipinski definition) is 0. The van der Waals surface area contributed by atoms with Crippen LogP contribution in [0.2, 0.25) is 0 Å². The standard InChI is InChI=1S/C14H21N3O5S2/c1-15(2)24(20,21)17-8-9-22-14-11-16(10-13(14)17)23(18,19)12-6-4-3-5-7-12/h3-7,13-14H,8-11H2,1-2H3/t13-,14+/m1/s1. The topological polar surface area (TPSA) is 87.2 Å². The molecule has 0 aromatic heterocycles. The molecule has 0 aliphatic carbocycles. The number of nitrogens with zero attached hydrogens (tertiary/aromatic N) is 3. The third kappa shape index (κ3) is 2.98. The Morgan fingerprint density at radius 3 is 2.38 bits per heavy atom. The Bertz CT molecular complexity index is 795. The van der Waals surface area contributed by atoms with Gasteiger partial charge in [-0.25, -0.2) is 8.42 Å². The van der Waals surface area contributed by atoms with Gasteiger partial charge in [0.1, 0.15) is 0 Å². The lowest BCUT2D eigenvalue weighted by molar-refractivity contribution is -0.0169. The van der Waals surface area contributed by atoms with Crippen molar-refractivity contribution in [3.63, 3.8) is 0 Å². The molecule has 2 saturated heterocycles. The van der Waals surface area contributed by atoms with E-state index in [0.29, 0.717) is 0 Å². The van der Waals surface area contributed by atoms with E-state index < -0.39 is 32.4 Å². The molecule has 1 aromatic rings. The first kappa shape index (κ1) is 17.8. The molecule has 2 heterocycles. The first-order valence-electron chi connectivity index (χ1n) is 7.60. The van der Waals surface area contributed by atoms with Gasteiger partial charge in [-0.15, -0.1) is 0 Å². The van der Waals surface area contributed by atoms with Crippen molar-refractivity contribution in [3.05, 3.63) is 30.3 Å². The van der Waals surface area contributed by atoms with E-state index in [0.717, 1.165) is 4.31 Å². The maximum absolute atomic E-state index is 12.8. The number of rotatable bonds is 4. The predicted octanol–water partition coefficient (Wildman–Crippen LogP) is -0.433. The zero-order valence-corrected chi connectivity index (χ0v) is 15.2. The summed E-state index contributed by atoms with van der Waals surface area (Å²) in [6.45, 7) is 0.727. The van der Waals surface area contributed by atoms with Crippen molar-refractivity contribution in [1.29, 1.82) is 0 Å². The normalized spacial score (nSPS) is 26.6. The highest BCUT2D eigenvalue weighted by atomic mass is 32.2. The molecule has 2 aliphatic heterocycles. The van der Waals surface area contributed by atoms with Gasteiger partial charge in [0.15, 0.2) is 0 Å². The molecule has 2 fully saturated rings. The summed E-state index contributed by atoms with van der Waals surface area (Å²) in [6.07, 6.45) is -0.452. The lowest BCUT2D eigenvalue weighted by atomic mass is 10.2. The van der Waals surface area contributed by atoms with Crippen molar-refractivity contribution in [2.24, 2.45) is 0 Å². The lowest BCUT2D eigenvalue weighted by Crippen LogP contribution is -2.55. The molecule has 24 heavy (non-hydrogen) atoms. The lowest BCUT2D eigenvalue weighted by Gasteiger charge is -2.37. The number of sulfonamides is 1. The van der Waals surface area contributed by atoms with E-state index in [1.165, 1.54) is 34.8 Å². The number of morpholine rings is 1. The molecule has 0 unspecified atom stereocenters. The van der Waals surface area contributed by atoms with Crippen LogP contribution >= 0.6 is 0 Å². The smallest absolute Gasteiger partial charge is 0.281 e. The van der Waals surface area contributed by atoms with Crippen LogP contribution in [-0.4, -0.2) is 82.2 Å². The second-order valence-electron chi connectivity index (χ2n) is 6.01. The Kier molecular flexibility index (Phi) is 4.71. The second-order valence-corrected chi connectivity index (χ2v) is 10.0. The predicted molar refractivity (Wildman–Crippen MR) is 88.0 cm³/mol. The van der Waals surface area contributed by atoms with Gasteiger partial charge in [0.2, 0.25) is 10.0 Å². The van der Waals surface area contributed by atoms with Crippen LogP contribution in [0, 0.1) is 0 Å². The molecule has 0 N–H and O–H groups in total. The monoisotopic (exact) mass is 375 g/mol. The van der Waals surface area contributed by atoms with E-state index in [-0.39, 0.29) is 31.1 Å². The van der Waals surface area contributed by atoms with E-state index in [2.05, 4.69) is 0 Å². The van der Waals surface area contributed by atoms with Crippen molar-refractivity contribution < 1.29 is 21.6 Å². The van der Waals surface area contributed by atoms with Crippen molar-refractivity contribution >= 4 is 20.2 Å². The largest absolute Gasteiger partial charge is 0.374 e. The van der Waals surface area contributed by atoms with Crippen LogP contribution in [0.5, 0.6) is 0 Å². The van der Waals surface area contributed by atoms with Crippen molar-refractivity contribution in [1.82, 2.24) is 12.9 Å². The average Bonchev–Trinajstić information content (AvgIpc) is 3.00. The van der Waals surface area contributed by atoms with Crippen molar-refractivity contribution in [2.75, 3.05) is 40.3 Å². The minimum absolute atomic E-state index is 0.0922. The van der Waals surface area contributed by atoms with Crippen LogP contribution in [0.4, 0.5) is 0 Å². The molecule has 0 radical (unpaired) electrons. The average molecular weight is 375 g/mol. The fourth-order valence-corrected chi connectivity index (χ4v) is 5.82. The number of benzene rings is 1. The molecule has 1 aromatic carbocycles.